The Morgan fingerprint density at radius 3 is 2.53 bits per heavy atom. The molecule has 0 radical (unpaired) electrons. The van der Waals surface area contributed by atoms with E-state index in [-0.39, 0.29) is 17.1 Å². The third kappa shape index (κ3) is 4.56. The molecule has 1 aromatic rings. The summed E-state index contributed by atoms with van der Waals surface area (Å²) in [5, 5.41) is 0. The van der Waals surface area contributed by atoms with Crippen LogP contribution in [0.4, 0.5) is 13.2 Å². The average Bonchev–Trinajstić information content (AvgIpc) is 2.19. The van der Waals surface area contributed by atoms with E-state index in [1.165, 1.54) is 13.2 Å². The number of methoxy groups -OCH3 is 1. The maximum atomic E-state index is 11.9. The summed E-state index contributed by atoms with van der Waals surface area (Å²) in [4.78, 5) is 11.2. The van der Waals surface area contributed by atoms with Crippen LogP contribution in [-0.2, 0) is 16.0 Å². The minimum atomic E-state index is -4.75. The summed E-state index contributed by atoms with van der Waals surface area (Å²) in [7, 11) is 1.22. The Labute approximate surface area is 101 Å². The van der Waals surface area contributed by atoms with Crippen LogP contribution in [0.2, 0.25) is 0 Å². The summed E-state index contributed by atoms with van der Waals surface area (Å²) in [6.45, 7) is 0. The van der Waals surface area contributed by atoms with E-state index in [1.807, 2.05) is 0 Å². The number of benzene rings is 1. The van der Waals surface area contributed by atoms with Gasteiger partial charge in [-0.05, 0) is 17.7 Å². The Kier molecular flexibility index (Phi) is 4.28. The van der Waals surface area contributed by atoms with Gasteiger partial charge in [0.15, 0.2) is 0 Å². The van der Waals surface area contributed by atoms with Crippen molar-refractivity contribution in [2.45, 2.75) is 17.7 Å². The molecular weight excluding hydrogens is 257 g/mol. The fraction of sp³-hybridized carbons (Fsp3) is 0.300. The van der Waals surface area contributed by atoms with Crippen LogP contribution in [-0.4, -0.2) is 19.4 Å². The SMILES string of the molecule is COC(=O)Cc1ccc(OC(F)(F)F)cc1S. The first-order chi connectivity index (χ1) is 7.81. The van der Waals surface area contributed by atoms with Crippen molar-refractivity contribution in [1.29, 1.82) is 0 Å². The van der Waals surface area contributed by atoms with Crippen molar-refractivity contribution in [3.8, 4) is 5.75 Å². The Morgan fingerprint density at radius 2 is 2.06 bits per heavy atom. The Bertz CT molecular complexity index is 418. The fourth-order valence-electron chi connectivity index (χ4n) is 1.12. The van der Waals surface area contributed by atoms with Crippen molar-refractivity contribution in [3.05, 3.63) is 23.8 Å². The number of rotatable bonds is 3. The molecule has 0 aliphatic carbocycles. The molecule has 0 aromatic heterocycles. The highest BCUT2D eigenvalue weighted by atomic mass is 32.1. The number of alkyl halides is 3. The van der Waals surface area contributed by atoms with Gasteiger partial charge in [0.1, 0.15) is 5.75 Å². The predicted molar refractivity (Wildman–Crippen MR) is 56.1 cm³/mol. The van der Waals surface area contributed by atoms with Crippen molar-refractivity contribution in [3.63, 3.8) is 0 Å². The van der Waals surface area contributed by atoms with Gasteiger partial charge in [-0.1, -0.05) is 6.07 Å². The standard InChI is InChI=1S/C10H9F3O3S/c1-15-9(14)4-6-2-3-7(5-8(6)17)16-10(11,12)13/h2-3,5,17H,4H2,1H3. The number of carbonyl (C=O) groups is 1. The largest absolute Gasteiger partial charge is 0.573 e. The van der Waals surface area contributed by atoms with E-state index in [0.717, 1.165) is 12.1 Å². The highest BCUT2D eigenvalue weighted by molar-refractivity contribution is 7.80. The zero-order valence-corrected chi connectivity index (χ0v) is 9.64. The van der Waals surface area contributed by atoms with Crippen LogP contribution in [0.25, 0.3) is 0 Å². The normalized spacial score (nSPS) is 11.1. The lowest BCUT2D eigenvalue weighted by Crippen LogP contribution is -2.17. The highest BCUT2D eigenvalue weighted by Gasteiger charge is 2.31. The number of esters is 1. The van der Waals surface area contributed by atoms with E-state index in [4.69, 9.17) is 0 Å². The van der Waals surface area contributed by atoms with Gasteiger partial charge in [0.05, 0.1) is 13.5 Å². The van der Waals surface area contributed by atoms with Gasteiger partial charge >= 0.3 is 12.3 Å². The zero-order valence-electron chi connectivity index (χ0n) is 8.75. The second kappa shape index (κ2) is 5.31. The molecule has 0 fully saturated rings. The van der Waals surface area contributed by atoms with Crippen LogP contribution in [0.15, 0.2) is 23.1 Å². The van der Waals surface area contributed by atoms with Crippen LogP contribution >= 0.6 is 12.6 Å². The molecule has 0 saturated carbocycles. The smallest absolute Gasteiger partial charge is 0.469 e. The van der Waals surface area contributed by atoms with Crippen molar-refractivity contribution < 1.29 is 27.4 Å². The van der Waals surface area contributed by atoms with Crippen LogP contribution in [0.5, 0.6) is 5.75 Å². The minimum Gasteiger partial charge on any atom is -0.469 e. The molecular formula is C10H9F3O3S. The highest BCUT2D eigenvalue weighted by Crippen LogP contribution is 2.26. The van der Waals surface area contributed by atoms with E-state index < -0.39 is 12.3 Å². The third-order valence-electron chi connectivity index (χ3n) is 1.85. The first-order valence-corrected chi connectivity index (χ1v) is 4.91. The van der Waals surface area contributed by atoms with Crippen molar-refractivity contribution in [2.75, 3.05) is 7.11 Å². The number of hydrogen-bond acceptors (Lipinski definition) is 4. The molecule has 3 nitrogen and oxygen atoms in total. The van der Waals surface area contributed by atoms with Crippen LogP contribution in [0.3, 0.4) is 0 Å². The molecule has 0 N–H and O–H groups in total. The number of hydrogen-bond donors (Lipinski definition) is 1. The molecule has 7 heteroatoms. The molecule has 0 bridgehead atoms. The molecule has 94 valence electrons. The molecule has 0 amide bonds. The Hall–Kier alpha value is -1.37. The Balaban J connectivity index is 2.83. The summed E-state index contributed by atoms with van der Waals surface area (Å²) in [5.74, 6) is -0.874. The monoisotopic (exact) mass is 266 g/mol. The molecule has 17 heavy (non-hydrogen) atoms. The van der Waals surface area contributed by atoms with Crippen molar-refractivity contribution in [1.82, 2.24) is 0 Å². The number of halogens is 3. The summed E-state index contributed by atoms with van der Waals surface area (Å²) < 4.78 is 43.9. The lowest BCUT2D eigenvalue weighted by atomic mass is 10.1. The van der Waals surface area contributed by atoms with Gasteiger partial charge in [0.2, 0.25) is 0 Å². The van der Waals surface area contributed by atoms with Gasteiger partial charge < -0.3 is 9.47 Å². The molecule has 0 atom stereocenters. The van der Waals surface area contributed by atoms with Crippen LogP contribution < -0.4 is 4.74 Å². The second-order valence-corrected chi connectivity index (χ2v) is 3.57. The first kappa shape index (κ1) is 13.7. The van der Waals surface area contributed by atoms with E-state index in [0.29, 0.717) is 5.56 Å². The zero-order chi connectivity index (χ0) is 13.1. The lowest BCUT2D eigenvalue weighted by Gasteiger charge is -2.10. The van der Waals surface area contributed by atoms with Crippen LogP contribution in [0, 0.1) is 0 Å². The molecule has 0 spiro atoms. The van der Waals surface area contributed by atoms with Gasteiger partial charge in [-0.15, -0.1) is 25.8 Å². The molecule has 0 saturated heterocycles. The topological polar surface area (TPSA) is 35.5 Å². The maximum Gasteiger partial charge on any atom is 0.573 e. The second-order valence-electron chi connectivity index (χ2n) is 3.09. The minimum absolute atomic E-state index is 0.0539. The van der Waals surface area contributed by atoms with E-state index >= 15 is 0 Å². The van der Waals surface area contributed by atoms with Crippen molar-refractivity contribution >= 4 is 18.6 Å². The van der Waals surface area contributed by atoms with E-state index in [9.17, 15) is 18.0 Å². The van der Waals surface area contributed by atoms with Crippen molar-refractivity contribution in [2.24, 2.45) is 0 Å². The summed E-state index contributed by atoms with van der Waals surface area (Å²) >= 11 is 3.98. The maximum absolute atomic E-state index is 11.9. The summed E-state index contributed by atoms with van der Waals surface area (Å²) in [6, 6.07) is 3.54. The predicted octanol–water partition coefficient (Wildman–Crippen LogP) is 2.59. The molecule has 1 rings (SSSR count). The third-order valence-corrected chi connectivity index (χ3v) is 2.27. The van der Waals surface area contributed by atoms with E-state index in [1.54, 1.807) is 0 Å². The average molecular weight is 266 g/mol. The van der Waals surface area contributed by atoms with Gasteiger partial charge in [-0.3, -0.25) is 4.79 Å². The molecule has 1 aromatic carbocycles. The molecule has 0 unspecified atom stereocenters. The van der Waals surface area contributed by atoms with Gasteiger partial charge in [-0.25, -0.2) is 0 Å². The van der Waals surface area contributed by atoms with Gasteiger partial charge in [0, 0.05) is 4.90 Å². The van der Waals surface area contributed by atoms with Gasteiger partial charge in [-0.2, -0.15) is 0 Å². The number of ether oxygens (including phenoxy) is 2. The summed E-state index contributed by atoms with van der Waals surface area (Å²) in [6.07, 6.45) is -4.80. The summed E-state index contributed by atoms with van der Waals surface area (Å²) in [5.41, 5.74) is 0.467. The molecule has 0 aliphatic rings. The number of thiol groups is 1. The Morgan fingerprint density at radius 1 is 1.41 bits per heavy atom. The fourth-order valence-corrected chi connectivity index (χ4v) is 1.40. The molecule has 0 heterocycles. The first-order valence-electron chi connectivity index (χ1n) is 4.46. The number of carbonyl (C=O) groups excluding carboxylic acids is 1. The quantitative estimate of drug-likeness (QED) is 0.674. The lowest BCUT2D eigenvalue weighted by molar-refractivity contribution is -0.274. The van der Waals surface area contributed by atoms with E-state index in [2.05, 4.69) is 22.1 Å². The molecule has 0 aliphatic heterocycles. The van der Waals surface area contributed by atoms with Gasteiger partial charge in [0.25, 0.3) is 0 Å². The van der Waals surface area contributed by atoms with Crippen LogP contribution in [0.1, 0.15) is 5.56 Å².